The topological polar surface area (TPSA) is 117 Å². The Kier molecular flexibility index (Phi) is 5.96. The first-order valence-electron chi connectivity index (χ1n) is 9.60. The predicted octanol–water partition coefficient (Wildman–Crippen LogP) is 3.19. The van der Waals surface area contributed by atoms with Crippen LogP contribution in [0.1, 0.15) is 21.6 Å². The van der Waals surface area contributed by atoms with Crippen LogP contribution < -0.4 is 5.32 Å². The predicted molar refractivity (Wildman–Crippen MR) is 118 cm³/mol. The number of nitrogens with one attached hydrogen (secondary N) is 1. The lowest BCUT2D eigenvalue weighted by Gasteiger charge is -2.27. The molecule has 0 aliphatic carbocycles. The molecule has 3 aromatic rings. The number of hydrogen-bond acceptors (Lipinski definition) is 5. The van der Waals surface area contributed by atoms with Crippen LogP contribution in [0.25, 0.3) is 0 Å². The molecule has 0 spiro atoms. The summed E-state index contributed by atoms with van der Waals surface area (Å²) in [7, 11) is -4.16. The molecule has 164 valence electrons. The number of hydrogen-bond donors (Lipinski definition) is 2. The number of sulfonamides is 1. The zero-order valence-corrected chi connectivity index (χ0v) is 18.2. The Balaban J connectivity index is 1.80. The van der Waals surface area contributed by atoms with Crippen molar-refractivity contribution in [2.45, 2.75) is 23.9 Å². The highest BCUT2D eigenvalue weighted by Gasteiger charge is 2.39. The number of aromatic carboxylic acids is 1. The highest BCUT2D eigenvalue weighted by molar-refractivity contribution is 7.89. The number of carbonyl (C=O) groups is 2. The molecule has 10 heteroatoms. The fraction of sp³-hybridized carbons (Fsp3) is 0.136. The van der Waals surface area contributed by atoms with E-state index in [0.29, 0.717) is 22.0 Å². The average molecular weight is 472 g/mol. The second-order valence-corrected chi connectivity index (χ2v) is 9.54. The third-order valence-corrected chi connectivity index (χ3v) is 7.25. The van der Waals surface area contributed by atoms with Gasteiger partial charge in [0.15, 0.2) is 0 Å². The summed E-state index contributed by atoms with van der Waals surface area (Å²) in [5.74, 6) is -1.68. The molecule has 0 radical (unpaired) electrons. The number of carboxylic acid groups (broad SMARTS) is 1. The van der Waals surface area contributed by atoms with Crippen LogP contribution in [0.4, 0.5) is 5.69 Å². The van der Waals surface area contributed by atoms with Crippen LogP contribution in [0.15, 0.2) is 71.8 Å². The smallest absolute Gasteiger partial charge is 0.335 e. The van der Waals surface area contributed by atoms with Crippen molar-refractivity contribution in [3.05, 3.63) is 88.7 Å². The Hall–Kier alpha value is -3.27. The van der Waals surface area contributed by atoms with E-state index in [1.54, 1.807) is 42.6 Å². The van der Waals surface area contributed by atoms with Crippen LogP contribution >= 0.6 is 11.6 Å². The highest BCUT2D eigenvalue weighted by Crippen LogP contribution is 2.31. The lowest BCUT2D eigenvalue weighted by Crippen LogP contribution is -2.46. The summed E-state index contributed by atoms with van der Waals surface area (Å²) in [6, 6.07) is 13.9. The van der Waals surface area contributed by atoms with Crippen molar-refractivity contribution in [1.82, 2.24) is 9.29 Å². The van der Waals surface area contributed by atoms with Crippen molar-refractivity contribution < 1.29 is 23.1 Å². The molecule has 0 bridgehead atoms. The molecule has 2 aromatic carbocycles. The summed E-state index contributed by atoms with van der Waals surface area (Å²) in [4.78, 5) is 28.4. The van der Waals surface area contributed by atoms with Gasteiger partial charge in [-0.25, -0.2) is 13.2 Å². The zero-order valence-electron chi connectivity index (χ0n) is 16.6. The lowest BCUT2D eigenvalue weighted by atomic mass is 10.1. The Morgan fingerprint density at radius 3 is 2.56 bits per heavy atom. The van der Waals surface area contributed by atoms with Gasteiger partial charge in [-0.1, -0.05) is 23.7 Å². The number of fused-ring (bicyclic) bond motifs is 1. The maximum Gasteiger partial charge on any atom is 0.335 e. The van der Waals surface area contributed by atoms with E-state index in [2.05, 4.69) is 10.3 Å². The Bertz CT molecular complexity index is 1280. The molecule has 1 amide bonds. The van der Waals surface area contributed by atoms with E-state index < -0.39 is 27.9 Å². The lowest BCUT2D eigenvalue weighted by molar-refractivity contribution is -0.119. The van der Waals surface area contributed by atoms with Crippen LogP contribution in [-0.4, -0.2) is 40.7 Å². The Morgan fingerprint density at radius 2 is 1.91 bits per heavy atom. The third-order valence-electron chi connectivity index (χ3n) is 5.14. The number of nitrogens with zero attached hydrogens (tertiary/aromatic N) is 2. The van der Waals surface area contributed by atoms with Crippen molar-refractivity contribution in [3.63, 3.8) is 0 Å². The van der Waals surface area contributed by atoms with Crippen molar-refractivity contribution >= 4 is 39.2 Å². The molecule has 4 rings (SSSR count). The molecular formula is C22H18ClN3O5S. The number of benzene rings is 2. The van der Waals surface area contributed by atoms with E-state index in [9.17, 15) is 18.0 Å². The summed E-state index contributed by atoms with van der Waals surface area (Å²) < 4.78 is 28.3. The summed E-state index contributed by atoms with van der Waals surface area (Å²) in [6.07, 6.45) is 1.63. The van der Waals surface area contributed by atoms with Crippen molar-refractivity contribution in [3.8, 4) is 0 Å². The molecule has 1 aliphatic rings. The monoisotopic (exact) mass is 471 g/mol. The van der Waals surface area contributed by atoms with Gasteiger partial charge >= 0.3 is 5.97 Å². The zero-order chi connectivity index (χ0) is 22.9. The summed E-state index contributed by atoms with van der Waals surface area (Å²) in [6.45, 7) is -0.0776. The second kappa shape index (κ2) is 8.70. The molecule has 1 atom stereocenters. The van der Waals surface area contributed by atoms with E-state index in [4.69, 9.17) is 16.7 Å². The van der Waals surface area contributed by atoms with Gasteiger partial charge in [0.1, 0.15) is 6.04 Å². The molecule has 0 saturated carbocycles. The van der Waals surface area contributed by atoms with Crippen LogP contribution in [0.5, 0.6) is 0 Å². The number of carboxylic acids is 1. The first kappa shape index (κ1) is 21.9. The van der Waals surface area contributed by atoms with Crippen LogP contribution in [0.3, 0.4) is 0 Å². The van der Waals surface area contributed by atoms with Gasteiger partial charge < -0.3 is 10.4 Å². The number of halogens is 1. The standard InChI is InChI=1S/C22H18ClN3O5S/c23-16-7-4-15-13-26(32(30,31)18-8-5-14(6-9-18)22(28)29)20(21(27)25-19(15)11-16)12-17-3-1-2-10-24-17/h1-11,20H,12-13H2,(H,25,27)(H,28,29)/t20-/m1/s1. The maximum atomic E-state index is 13.6. The van der Waals surface area contributed by atoms with Gasteiger partial charge in [0.2, 0.25) is 15.9 Å². The molecule has 1 aliphatic heterocycles. The summed E-state index contributed by atoms with van der Waals surface area (Å²) >= 11 is 6.07. The maximum absolute atomic E-state index is 13.6. The van der Waals surface area contributed by atoms with Gasteiger partial charge in [0.05, 0.1) is 10.5 Å². The Labute approximate surface area is 189 Å². The van der Waals surface area contributed by atoms with E-state index in [1.807, 2.05) is 0 Å². The fourth-order valence-corrected chi connectivity index (χ4v) is 5.23. The van der Waals surface area contributed by atoms with Gasteiger partial charge in [-0.15, -0.1) is 0 Å². The minimum Gasteiger partial charge on any atom is -0.478 e. The number of rotatable bonds is 5. The van der Waals surface area contributed by atoms with Gasteiger partial charge in [-0.05, 0) is 54.1 Å². The van der Waals surface area contributed by atoms with Gasteiger partial charge in [-0.2, -0.15) is 4.31 Å². The van der Waals surface area contributed by atoms with E-state index in [0.717, 1.165) is 4.31 Å². The van der Waals surface area contributed by atoms with Crippen molar-refractivity contribution in [2.24, 2.45) is 0 Å². The SMILES string of the molecule is O=C(O)c1ccc(S(=O)(=O)N2Cc3ccc(Cl)cc3NC(=O)[C@H]2Cc2ccccn2)cc1. The first-order chi connectivity index (χ1) is 15.3. The van der Waals surface area contributed by atoms with Crippen LogP contribution in [0.2, 0.25) is 5.02 Å². The number of aromatic nitrogens is 1. The van der Waals surface area contributed by atoms with Crippen molar-refractivity contribution in [2.75, 3.05) is 5.32 Å². The molecule has 32 heavy (non-hydrogen) atoms. The third kappa shape index (κ3) is 4.36. The minimum absolute atomic E-state index is 0.0393. The molecule has 2 heterocycles. The van der Waals surface area contributed by atoms with Crippen molar-refractivity contribution in [1.29, 1.82) is 0 Å². The average Bonchev–Trinajstić information content (AvgIpc) is 2.91. The number of anilines is 1. The molecule has 1 aromatic heterocycles. The minimum atomic E-state index is -4.16. The van der Waals surface area contributed by atoms with Crippen LogP contribution in [-0.2, 0) is 27.8 Å². The molecule has 8 nitrogen and oxygen atoms in total. The van der Waals surface area contributed by atoms with Gasteiger partial charge in [0.25, 0.3) is 0 Å². The van der Waals surface area contributed by atoms with Gasteiger partial charge in [-0.3, -0.25) is 9.78 Å². The largest absolute Gasteiger partial charge is 0.478 e. The van der Waals surface area contributed by atoms with E-state index in [-0.39, 0.29) is 23.4 Å². The van der Waals surface area contributed by atoms with Crippen LogP contribution in [0, 0.1) is 0 Å². The molecule has 0 fully saturated rings. The number of carbonyl (C=O) groups excluding carboxylic acids is 1. The number of amides is 1. The molecule has 0 unspecified atom stereocenters. The molecule has 0 saturated heterocycles. The fourth-order valence-electron chi connectivity index (χ4n) is 3.50. The van der Waals surface area contributed by atoms with E-state index in [1.165, 1.54) is 24.3 Å². The molecule has 2 N–H and O–H groups in total. The Morgan fingerprint density at radius 1 is 1.16 bits per heavy atom. The second-order valence-electron chi connectivity index (χ2n) is 7.21. The quantitative estimate of drug-likeness (QED) is 0.590. The summed E-state index contributed by atoms with van der Waals surface area (Å²) in [5, 5.41) is 12.3. The number of pyridine rings is 1. The van der Waals surface area contributed by atoms with E-state index >= 15 is 0 Å². The highest BCUT2D eigenvalue weighted by atomic mass is 35.5. The first-order valence-corrected chi connectivity index (χ1v) is 11.4. The van der Waals surface area contributed by atoms with Gasteiger partial charge in [0, 0.05) is 35.6 Å². The normalized spacial score (nSPS) is 16.7. The summed E-state index contributed by atoms with van der Waals surface area (Å²) in [5.41, 5.74) is 1.53. The molecular weight excluding hydrogens is 454 g/mol.